The summed E-state index contributed by atoms with van der Waals surface area (Å²) in [5, 5.41) is 26.0. The Morgan fingerprint density at radius 2 is 1.36 bits per heavy atom. The molecule has 0 radical (unpaired) electrons. The van der Waals surface area contributed by atoms with Crippen molar-refractivity contribution >= 4 is 33.6 Å². The lowest BCUT2D eigenvalue weighted by Crippen LogP contribution is -2.42. The summed E-state index contributed by atoms with van der Waals surface area (Å²) in [6.07, 6.45) is 17.0. The fourth-order valence-corrected chi connectivity index (χ4v) is 6.21. The number of unbranched alkanes of at least 4 members (excludes halogenated alkanes) is 13. The second kappa shape index (κ2) is 24.2. The molecule has 0 aromatic carbocycles. The van der Waals surface area contributed by atoms with Gasteiger partial charge in [-0.3, -0.25) is 23.9 Å². The van der Waals surface area contributed by atoms with Gasteiger partial charge in [0, 0.05) is 32.2 Å². The number of carbonyl (C=O) groups is 4. The highest BCUT2D eigenvalue weighted by atomic mass is 32.2. The molecular formula is C32H59N7O7S. The second-order valence-electron chi connectivity index (χ2n) is 13.1. The Bertz CT molecular complexity index is 1140. The van der Waals surface area contributed by atoms with E-state index in [1.807, 2.05) is 0 Å². The van der Waals surface area contributed by atoms with Crippen molar-refractivity contribution in [3.8, 4) is 0 Å². The van der Waals surface area contributed by atoms with Gasteiger partial charge in [-0.15, -0.1) is 10.2 Å². The van der Waals surface area contributed by atoms with Gasteiger partial charge in [-0.25, -0.2) is 8.42 Å². The topological polar surface area (TPSA) is 227 Å². The normalized spacial score (nSPS) is 12.5. The van der Waals surface area contributed by atoms with Crippen LogP contribution in [0.4, 0.5) is 0 Å². The van der Waals surface area contributed by atoms with Crippen molar-refractivity contribution in [2.75, 3.05) is 12.3 Å². The smallest absolute Gasteiger partial charge is 0.306 e. The molecule has 0 spiro atoms. The predicted molar refractivity (Wildman–Crippen MR) is 180 cm³/mol. The van der Waals surface area contributed by atoms with Gasteiger partial charge in [0.05, 0.1) is 17.2 Å². The SMILES string of the molecule is CC(C)(N)C(=O)C[C@@H](CCCCNC(=O)CCCS(=O)(=O)NC(=O)CCCCCCCCCCCCCCCc1nn[nH]n1)C(=O)O. The molecule has 1 aromatic rings. The molecule has 270 valence electrons. The fourth-order valence-electron chi connectivity index (χ4n) is 5.13. The van der Waals surface area contributed by atoms with Crippen molar-refractivity contribution in [2.24, 2.45) is 11.7 Å². The Labute approximate surface area is 280 Å². The zero-order valence-electron chi connectivity index (χ0n) is 28.6. The number of hydrogen-bond acceptors (Lipinski definition) is 10. The number of H-pyrrole nitrogens is 1. The van der Waals surface area contributed by atoms with Gasteiger partial charge < -0.3 is 16.2 Å². The maximum absolute atomic E-state index is 12.2. The lowest BCUT2D eigenvalue weighted by molar-refractivity contribution is -0.144. The molecule has 0 aliphatic rings. The largest absolute Gasteiger partial charge is 0.481 e. The Hall–Kier alpha value is -2.94. The second-order valence-corrected chi connectivity index (χ2v) is 14.9. The molecule has 15 heteroatoms. The number of nitrogens with one attached hydrogen (secondary N) is 3. The lowest BCUT2D eigenvalue weighted by atomic mass is 9.89. The molecular weight excluding hydrogens is 626 g/mol. The maximum Gasteiger partial charge on any atom is 0.306 e. The van der Waals surface area contributed by atoms with Crippen LogP contribution in [0.2, 0.25) is 0 Å². The average molecular weight is 686 g/mol. The number of aryl methyl sites for hydroxylation is 1. The maximum atomic E-state index is 12.2. The molecule has 47 heavy (non-hydrogen) atoms. The number of ketones is 1. The first-order chi connectivity index (χ1) is 22.3. The molecule has 0 aliphatic carbocycles. The lowest BCUT2D eigenvalue weighted by Gasteiger charge is -2.19. The summed E-state index contributed by atoms with van der Waals surface area (Å²) in [4.78, 5) is 47.6. The number of carboxylic acids is 1. The summed E-state index contributed by atoms with van der Waals surface area (Å²) in [7, 11) is -3.80. The van der Waals surface area contributed by atoms with Crippen LogP contribution in [-0.4, -0.2) is 75.6 Å². The minimum Gasteiger partial charge on any atom is -0.481 e. The number of aliphatic carboxylic acids is 1. The molecule has 0 fully saturated rings. The van der Waals surface area contributed by atoms with Crippen molar-refractivity contribution in [1.29, 1.82) is 0 Å². The molecule has 1 aromatic heterocycles. The number of carboxylic acid groups (broad SMARTS) is 1. The van der Waals surface area contributed by atoms with E-state index < -0.39 is 33.4 Å². The van der Waals surface area contributed by atoms with E-state index in [1.54, 1.807) is 13.8 Å². The Morgan fingerprint density at radius 3 is 1.89 bits per heavy atom. The first-order valence-electron chi connectivity index (χ1n) is 17.4. The summed E-state index contributed by atoms with van der Waals surface area (Å²) in [6, 6.07) is 0. The molecule has 0 unspecified atom stereocenters. The van der Waals surface area contributed by atoms with Crippen LogP contribution in [0.5, 0.6) is 0 Å². The van der Waals surface area contributed by atoms with Gasteiger partial charge in [-0.05, 0) is 46.0 Å². The zero-order chi connectivity index (χ0) is 35.0. The quantitative estimate of drug-likeness (QED) is 0.0724. The van der Waals surface area contributed by atoms with Crippen molar-refractivity contribution in [1.82, 2.24) is 30.7 Å². The molecule has 0 bridgehead atoms. The van der Waals surface area contributed by atoms with Crippen molar-refractivity contribution in [3.05, 3.63) is 5.82 Å². The Balaban J connectivity index is 1.97. The average Bonchev–Trinajstić information content (AvgIpc) is 3.51. The molecule has 0 saturated heterocycles. The number of aromatic nitrogens is 4. The third kappa shape index (κ3) is 23.1. The van der Waals surface area contributed by atoms with Gasteiger partial charge in [-0.1, -0.05) is 82.3 Å². The summed E-state index contributed by atoms with van der Waals surface area (Å²) in [5.74, 6) is -2.55. The third-order valence-corrected chi connectivity index (χ3v) is 9.45. The van der Waals surface area contributed by atoms with Crippen LogP contribution in [0.25, 0.3) is 0 Å². The molecule has 1 heterocycles. The van der Waals surface area contributed by atoms with E-state index in [1.165, 1.54) is 51.4 Å². The van der Waals surface area contributed by atoms with E-state index in [2.05, 4.69) is 30.7 Å². The van der Waals surface area contributed by atoms with Crippen LogP contribution >= 0.6 is 0 Å². The van der Waals surface area contributed by atoms with Crippen molar-refractivity contribution < 1.29 is 32.7 Å². The summed E-state index contributed by atoms with van der Waals surface area (Å²) >= 11 is 0. The van der Waals surface area contributed by atoms with E-state index in [9.17, 15) is 32.7 Å². The van der Waals surface area contributed by atoms with Gasteiger partial charge in [0.2, 0.25) is 21.8 Å². The number of Topliss-reactive ketones (excluding diaryl/α,β-unsaturated/α-hetero) is 1. The Kier molecular flexibility index (Phi) is 21.7. The number of hydrogen-bond donors (Lipinski definition) is 5. The number of sulfonamides is 1. The molecule has 0 saturated carbocycles. The van der Waals surface area contributed by atoms with Crippen LogP contribution in [0.3, 0.4) is 0 Å². The first kappa shape index (κ1) is 42.1. The highest BCUT2D eigenvalue weighted by Crippen LogP contribution is 2.17. The Morgan fingerprint density at radius 1 is 0.809 bits per heavy atom. The highest BCUT2D eigenvalue weighted by molar-refractivity contribution is 7.90. The van der Waals surface area contributed by atoms with Crippen LogP contribution in [-0.2, 0) is 35.6 Å². The van der Waals surface area contributed by atoms with Crippen LogP contribution < -0.4 is 15.8 Å². The minimum atomic E-state index is -3.80. The molecule has 14 nitrogen and oxygen atoms in total. The molecule has 1 atom stereocenters. The summed E-state index contributed by atoms with van der Waals surface area (Å²) < 4.78 is 26.5. The standard InChI is InChI=1S/C32H59N7O7S/c1-32(2,33)27(40)25-26(31(43)44)19-16-17-23-34-29(41)22-18-24-47(45,46)37-30(42)21-15-13-11-9-7-5-3-4-6-8-10-12-14-20-28-35-38-39-36-28/h26H,3-25,33H2,1-2H3,(H,34,41)(H,37,42)(H,43,44)(H,35,36,38,39)/t26-/m1/s1. The van der Waals surface area contributed by atoms with Gasteiger partial charge in [0.25, 0.3) is 0 Å². The number of nitrogens with zero attached hydrogens (tertiary/aromatic N) is 3. The van der Waals surface area contributed by atoms with Crippen LogP contribution in [0, 0.1) is 5.92 Å². The van der Waals surface area contributed by atoms with Gasteiger partial charge in [0.15, 0.2) is 11.6 Å². The molecule has 2 amide bonds. The summed E-state index contributed by atoms with van der Waals surface area (Å²) in [6.45, 7) is 3.40. The number of aromatic amines is 1. The fraction of sp³-hybridized carbons (Fsp3) is 0.844. The van der Waals surface area contributed by atoms with Gasteiger partial charge >= 0.3 is 5.97 Å². The number of rotatable bonds is 30. The first-order valence-corrected chi connectivity index (χ1v) is 19.0. The number of nitrogens with two attached hydrogens (primary N) is 1. The van der Waals surface area contributed by atoms with Crippen molar-refractivity contribution in [3.63, 3.8) is 0 Å². The van der Waals surface area contributed by atoms with E-state index in [0.717, 1.165) is 37.9 Å². The monoisotopic (exact) mass is 685 g/mol. The van der Waals surface area contributed by atoms with Crippen LogP contribution in [0.15, 0.2) is 0 Å². The van der Waals surface area contributed by atoms with E-state index in [-0.39, 0.29) is 43.1 Å². The van der Waals surface area contributed by atoms with E-state index in [0.29, 0.717) is 32.2 Å². The summed E-state index contributed by atoms with van der Waals surface area (Å²) in [5.41, 5.74) is 4.66. The van der Waals surface area contributed by atoms with Crippen LogP contribution in [0.1, 0.15) is 148 Å². The number of amides is 2. The van der Waals surface area contributed by atoms with E-state index in [4.69, 9.17) is 5.73 Å². The number of carbonyl (C=O) groups excluding carboxylic acids is 3. The highest BCUT2D eigenvalue weighted by Gasteiger charge is 2.28. The van der Waals surface area contributed by atoms with Gasteiger partial charge in [-0.2, -0.15) is 5.21 Å². The predicted octanol–water partition coefficient (Wildman–Crippen LogP) is 4.11. The molecule has 0 aliphatic heterocycles. The minimum absolute atomic E-state index is 0.00347. The molecule has 6 N–H and O–H groups in total. The zero-order valence-corrected chi connectivity index (χ0v) is 29.4. The van der Waals surface area contributed by atoms with E-state index >= 15 is 0 Å². The van der Waals surface area contributed by atoms with Crippen molar-refractivity contribution in [2.45, 2.75) is 154 Å². The molecule has 1 rings (SSSR count). The number of tetrazole rings is 1. The van der Waals surface area contributed by atoms with Gasteiger partial charge in [0.1, 0.15) is 0 Å². The third-order valence-electron chi connectivity index (χ3n) is 8.08.